The lowest BCUT2D eigenvalue weighted by molar-refractivity contribution is 0.613. The molecule has 0 aliphatic heterocycles. The summed E-state index contributed by atoms with van der Waals surface area (Å²) in [6.45, 7) is 27.8. The van der Waals surface area contributed by atoms with Gasteiger partial charge in [0.1, 0.15) is 11.2 Å². The summed E-state index contributed by atoms with van der Waals surface area (Å²) in [5.74, 6) is 0. The van der Waals surface area contributed by atoms with Crippen molar-refractivity contribution in [3.8, 4) is 0 Å². The molecule has 0 aliphatic carbocycles. The van der Waals surface area contributed by atoms with Crippen molar-refractivity contribution < 1.29 is 8.83 Å². The second-order valence-corrected chi connectivity index (χ2v) is 22.3. The smallest absolute Gasteiger partial charge is 0.134 e. The largest absolute Gasteiger partial charge is 0.464 e. The van der Waals surface area contributed by atoms with Crippen LogP contribution in [0.1, 0.15) is 66.6 Å². The predicted octanol–water partition coefficient (Wildman–Crippen LogP) is 22.3. The van der Waals surface area contributed by atoms with E-state index in [1.54, 1.807) is 12.5 Å². The van der Waals surface area contributed by atoms with E-state index < -0.39 is 0 Å². The molecule has 0 fully saturated rings. The zero-order valence-electron chi connectivity index (χ0n) is 51.3. The van der Waals surface area contributed by atoms with Crippen molar-refractivity contribution in [1.82, 2.24) is 18.3 Å². The van der Waals surface area contributed by atoms with Crippen LogP contribution >= 0.6 is 0 Å². The zero-order valence-corrected chi connectivity index (χ0v) is 51.3. The van der Waals surface area contributed by atoms with Crippen LogP contribution in [0.4, 0.5) is 0 Å². The number of furan rings is 2. The Balaban J connectivity index is 0.000000107. The van der Waals surface area contributed by atoms with Gasteiger partial charge in [-0.1, -0.05) is 151 Å². The van der Waals surface area contributed by atoms with Crippen molar-refractivity contribution in [2.45, 2.75) is 102 Å². The van der Waals surface area contributed by atoms with Crippen LogP contribution < -0.4 is 0 Å². The Bertz CT molecular complexity index is 4960. The normalized spacial score (nSPS) is 11.2. The average molecular weight is 1120 g/mol. The molecule has 6 heterocycles. The van der Waals surface area contributed by atoms with Gasteiger partial charge in [0.2, 0.25) is 0 Å². The van der Waals surface area contributed by atoms with Gasteiger partial charge in [-0.05, 0) is 176 Å². The molecule has 0 saturated heterocycles. The molecule has 6 nitrogen and oxygen atoms in total. The van der Waals surface area contributed by atoms with Crippen LogP contribution in [0.2, 0.25) is 0 Å². The molecule has 85 heavy (non-hydrogen) atoms. The summed E-state index contributed by atoms with van der Waals surface area (Å²) in [4.78, 5) is 0. The second-order valence-electron chi connectivity index (χ2n) is 22.3. The highest BCUT2D eigenvalue weighted by atomic mass is 16.3. The van der Waals surface area contributed by atoms with Crippen molar-refractivity contribution in [2.24, 2.45) is 0 Å². The van der Waals surface area contributed by atoms with Crippen LogP contribution in [-0.2, 0) is 26.2 Å². The van der Waals surface area contributed by atoms with Gasteiger partial charge in [0.15, 0.2) is 0 Å². The monoisotopic (exact) mass is 1110 g/mol. The van der Waals surface area contributed by atoms with E-state index in [1.807, 2.05) is 30.3 Å². The van der Waals surface area contributed by atoms with E-state index in [1.165, 1.54) is 137 Å². The molecule has 6 aromatic heterocycles. The molecule has 426 valence electrons. The number of hydrogen-bond acceptors (Lipinski definition) is 2. The summed E-state index contributed by atoms with van der Waals surface area (Å²) in [5, 5.41) is 13.4. The molecule has 0 N–H and O–H groups in total. The minimum Gasteiger partial charge on any atom is -0.464 e. The van der Waals surface area contributed by atoms with Crippen molar-refractivity contribution in [3.05, 3.63) is 264 Å². The fourth-order valence-corrected chi connectivity index (χ4v) is 12.8. The molecule has 0 aliphatic rings. The van der Waals surface area contributed by atoms with Crippen LogP contribution in [0, 0.1) is 48.5 Å². The van der Waals surface area contributed by atoms with E-state index >= 15 is 0 Å². The number of nitrogens with zero attached hydrogens (tertiary/aromatic N) is 4. The summed E-state index contributed by atoms with van der Waals surface area (Å²) in [5.41, 5.74) is 21.9. The Kier molecular flexibility index (Phi) is 16.9. The summed E-state index contributed by atoms with van der Waals surface area (Å²) >= 11 is 0. The van der Waals surface area contributed by atoms with Gasteiger partial charge < -0.3 is 27.1 Å². The molecule has 16 aromatic rings. The summed E-state index contributed by atoms with van der Waals surface area (Å²) < 4.78 is 20.1. The van der Waals surface area contributed by atoms with Crippen LogP contribution in [0.25, 0.3) is 109 Å². The summed E-state index contributed by atoms with van der Waals surface area (Å²) in [6.07, 6.45) is 3.52. The maximum Gasteiger partial charge on any atom is 0.134 e. The van der Waals surface area contributed by atoms with E-state index in [2.05, 4.69) is 276 Å². The Labute approximate surface area is 499 Å². The standard InChI is InChI=1S/4C15H15N.C10H10O.C9H8O/c1-3-16-14-10-5-4-8-12(14)13-9-6-7-11(2)15(13)16;1-3-16-13-9-5-4-8-12(13)15-11(2)7-6-10-14(15)16;1-3-16-14-7-5-4-6-12(14)13-10-11(2)8-9-15(13)16;1-3-16-14-7-5-4-6-12(14)13-9-8-11(2)10-15(13)16;1-7-4-3-5-9-10(7)8(2)6-11-9;1-7-3-2-4-9-8(7)5-6-10-9/h4*4-10H,3H2,1-2H3;3-6H,1-2H3;2-6H,1H3. The van der Waals surface area contributed by atoms with Crippen molar-refractivity contribution in [2.75, 3.05) is 0 Å². The van der Waals surface area contributed by atoms with Crippen molar-refractivity contribution >= 4 is 109 Å². The van der Waals surface area contributed by atoms with E-state index in [0.29, 0.717) is 0 Å². The SMILES string of the molecule is CCn1c2ccccc2c2c(C)cccc21.CCn1c2ccccc2c2cc(C)ccc21.CCn1c2ccccc2c2ccc(C)cc21.CCn1c2ccccc2c2cccc(C)c21.Cc1cccc2occ(C)c12.Cc1cccc2occc12. The van der Waals surface area contributed by atoms with Gasteiger partial charge in [0, 0.05) is 119 Å². The quantitative estimate of drug-likeness (QED) is 0.176. The number of aryl methyl sites for hydroxylation is 11. The number of rotatable bonds is 4. The predicted molar refractivity (Wildman–Crippen MR) is 366 cm³/mol. The summed E-state index contributed by atoms with van der Waals surface area (Å²) in [6, 6.07) is 75.2. The molecule has 0 spiro atoms. The highest BCUT2D eigenvalue weighted by Crippen LogP contribution is 2.34. The molecular weight excluding hydrogens is 1040 g/mol. The fourth-order valence-electron chi connectivity index (χ4n) is 12.8. The number of hydrogen-bond donors (Lipinski definition) is 0. The van der Waals surface area contributed by atoms with Gasteiger partial charge in [0.25, 0.3) is 0 Å². The average Bonchev–Trinajstić information content (AvgIpc) is 3.83. The molecule has 10 aromatic carbocycles. The highest BCUT2D eigenvalue weighted by molar-refractivity contribution is 6.11. The third-order valence-electron chi connectivity index (χ3n) is 16.8. The molecule has 0 amide bonds. The molecule has 0 radical (unpaired) electrons. The van der Waals surface area contributed by atoms with E-state index in [9.17, 15) is 0 Å². The first-order valence-electron chi connectivity index (χ1n) is 30.2. The number of para-hydroxylation sites is 5. The molecule has 6 heteroatoms. The van der Waals surface area contributed by atoms with Gasteiger partial charge in [-0.25, -0.2) is 0 Å². The van der Waals surface area contributed by atoms with Gasteiger partial charge in [-0.2, -0.15) is 0 Å². The molecule has 0 bridgehead atoms. The van der Waals surface area contributed by atoms with Crippen molar-refractivity contribution in [1.29, 1.82) is 0 Å². The number of benzene rings is 10. The number of fused-ring (bicyclic) bond motifs is 14. The Morgan fingerprint density at radius 2 is 0.706 bits per heavy atom. The van der Waals surface area contributed by atoms with Gasteiger partial charge in [-0.3, -0.25) is 0 Å². The Hall–Kier alpha value is -9.52. The maximum absolute atomic E-state index is 5.33. The Morgan fingerprint density at radius 3 is 1.34 bits per heavy atom. The second kappa shape index (κ2) is 25.1. The first-order chi connectivity index (χ1) is 41.4. The van der Waals surface area contributed by atoms with E-state index in [0.717, 1.165) is 37.3 Å². The lowest BCUT2D eigenvalue weighted by Gasteiger charge is -2.04. The third-order valence-corrected chi connectivity index (χ3v) is 16.8. The molecule has 0 saturated carbocycles. The summed E-state index contributed by atoms with van der Waals surface area (Å²) in [7, 11) is 0. The van der Waals surface area contributed by atoms with Crippen LogP contribution in [0.15, 0.2) is 234 Å². The molecular formula is C79H78N4O2. The Morgan fingerprint density at radius 1 is 0.271 bits per heavy atom. The highest BCUT2D eigenvalue weighted by Gasteiger charge is 2.13. The fraction of sp³-hybridized carbons (Fsp3) is 0.190. The van der Waals surface area contributed by atoms with Crippen LogP contribution in [0.5, 0.6) is 0 Å². The minimum atomic E-state index is 0.972. The first-order valence-corrected chi connectivity index (χ1v) is 30.2. The minimum absolute atomic E-state index is 0.972. The van der Waals surface area contributed by atoms with Crippen LogP contribution in [-0.4, -0.2) is 18.3 Å². The maximum atomic E-state index is 5.33. The molecule has 0 atom stereocenters. The zero-order chi connectivity index (χ0) is 59.3. The lowest BCUT2D eigenvalue weighted by atomic mass is 10.1. The van der Waals surface area contributed by atoms with Gasteiger partial charge >= 0.3 is 0 Å². The van der Waals surface area contributed by atoms with E-state index in [-0.39, 0.29) is 0 Å². The first kappa shape index (κ1) is 57.3. The lowest BCUT2D eigenvalue weighted by Crippen LogP contribution is -1.94. The van der Waals surface area contributed by atoms with Gasteiger partial charge in [-0.15, -0.1) is 0 Å². The topological polar surface area (TPSA) is 46.0 Å². The van der Waals surface area contributed by atoms with Crippen molar-refractivity contribution in [3.63, 3.8) is 0 Å². The number of aromatic nitrogens is 4. The third kappa shape index (κ3) is 11.1. The van der Waals surface area contributed by atoms with Gasteiger partial charge in [0.05, 0.1) is 18.0 Å². The molecule has 0 unspecified atom stereocenters. The van der Waals surface area contributed by atoms with E-state index in [4.69, 9.17) is 8.83 Å². The molecule has 16 rings (SSSR count). The van der Waals surface area contributed by atoms with Crippen LogP contribution in [0.3, 0.4) is 0 Å².